The predicted molar refractivity (Wildman–Crippen MR) is 174 cm³/mol. The Kier molecular flexibility index (Phi) is 13.1. The standard InChI is InChI=1S/C38H52O2/c1-29(17-13-19-31(3)23-25-34-22-12-11-21-33(34)5)15-9-10-16-30(2)18-14-20-32(4)24-26-36(40)38(8)28-27-35(39)37(38,6)7/h9-10,13-20,23-26,35,39H,11-12,21-22,27-28H2,1-8H3/t35-,38+/m1/s1. The van der Waals surface area contributed by atoms with Gasteiger partial charge >= 0.3 is 0 Å². The van der Waals surface area contributed by atoms with Crippen molar-refractivity contribution in [3.8, 4) is 0 Å². The number of carbonyl (C=O) groups is 1. The first kappa shape index (κ1) is 33.2. The van der Waals surface area contributed by atoms with Gasteiger partial charge in [0.15, 0.2) is 5.78 Å². The van der Waals surface area contributed by atoms with Crippen molar-refractivity contribution < 1.29 is 9.90 Å². The summed E-state index contributed by atoms with van der Waals surface area (Å²) in [6.45, 7) is 16.6. The molecule has 2 aliphatic carbocycles. The van der Waals surface area contributed by atoms with Crippen LogP contribution in [0.4, 0.5) is 0 Å². The average molecular weight is 541 g/mol. The summed E-state index contributed by atoms with van der Waals surface area (Å²) < 4.78 is 0. The highest BCUT2D eigenvalue weighted by Gasteiger charge is 2.54. The first-order valence-electron chi connectivity index (χ1n) is 14.9. The summed E-state index contributed by atoms with van der Waals surface area (Å²) >= 11 is 0. The maximum absolute atomic E-state index is 12.9. The Bertz CT molecular complexity index is 1200. The third-order valence-electron chi connectivity index (χ3n) is 8.82. The monoisotopic (exact) mass is 540 g/mol. The molecule has 0 saturated heterocycles. The van der Waals surface area contributed by atoms with Crippen molar-refractivity contribution in [3.63, 3.8) is 0 Å². The Balaban J connectivity index is 1.85. The maximum Gasteiger partial charge on any atom is 0.162 e. The molecule has 2 rings (SSSR count). The quantitative estimate of drug-likeness (QED) is 0.209. The summed E-state index contributed by atoms with van der Waals surface area (Å²) in [4.78, 5) is 12.9. The number of rotatable bonds is 11. The fraction of sp³-hybridized carbons (Fsp3) is 0.447. The zero-order valence-electron chi connectivity index (χ0n) is 26.3. The molecule has 0 aromatic carbocycles. The predicted octanol–water partition coefficient (Wildman–Crippen LogP) is 10.2. The second kappa shape index (κ2) is 15.7. The van der Waals surface area contributed by atoms with Crippen LogP contribution in [-0.4, -0.2) is 17.0 Å². The van der Waals surface area contributed by atoms with E-state index in [2.05, 4.69) is 88.5 Å². The molecule has 1 fully saturated rings. The van der Waals surface area contributed by atoms with Crippen molar-refractivity contribution in [2.24, 2.45) is 10.8 Å². The van der Waals surface area contributed by atoms with Crippen LogP contribution >= 0.6 is 0 Å². The van der Waals surface area contributed by atoms with Crippen molar-refractivity contribution >= 4 is 5.78 Å². The molecule has 216 valence electrons. The molecule has 1 N–H and O–H groups in total. The van der Waals surface area contributed by atoms with Crippen LogP contribution in [0.5, 0.6) is 0 Å². The van der Waals surface area contributed by atoms with Gasteiger partial charge < -0.3 is 5.11 Å². The molecule has 2 aliphatic rings. The fourth-order valence-corrected chi connectivity index (χ4v) is 5.19. The van der Waals surface area contributed by atoms with E-state index in [1.807, 2.05) is 45.9 Å². The van der Waals surface area contributed by atoms with Gasteiger partial charge in [-0.3, -0.25) is 4.79 Å². The number of allylic oxidation sites excluding steroid dienone is 20. The molecule has 2 atom stereocenters. The molecule has 0 bridgehead atoms. The van der Waals surface area contributed by atoms with Gasteiger partial charge in [-0.15, -0.1) is 0 Å². The van der Waals surface area contributed by atoms with E-state index in [1.54, 1.807) is 11.6 Å². The van der Waals surface area contributed by atoms with Crippen LogP contribution in [0, 0.1) is 10.8 Å². The van der Waals surface area contributed by atoms with Gasteiger partial charge in [0, 0.05) is 10.8 Å². The van der Waals surface area contributed by atoms with Gasteiger partial charge in [-0.2, -0.15) is 0 Å². The third-order valence-corrected chi connectivity index (χ3v) is 8.82. The normalized spacial score (nSPS) is 25.7. The number of hydrogen-bond acceptors (Lipinski definition) is 2. The second-order valence-electron chi connectivity index (χ2n) is 12.4. The highest BCUT2D eigenvalue weighted by atomic mass is 16.3. The lowest BCUT2D eigenvalue weighted by atomic mass is 9.66. The number of aliphatic hydroxyl groups is 1. The highest BCUT2D eigenvalue weighted by molar-refractivity contribution is 5.95. The molecular formula is C38H52O2. The zero-order valence-corrected chi connectivity index (χ0v) is 26.3. The summed E-state index contributed by atoms with van der Waals surface area (Å²) in [5.74, 6) is 0.0933. The molecule has 0 aromatic heterocycles. The van der Waals surface area contributed by atoms with Gasteiger partial charge in [-0.1, -0.05) is 128 Å². The van der Waals surface area contributed by atoms with Crippen LogP contribution in [0.1, 0.15) is 93.9 Å². The van der Waals surface area contributed by atoms with Gasteiger partial charge in [0.05, 0.1) is 6.10 Å². The molecule has 0 amide bonds. The lowest BCUT2D eigenvalue weighted by molar-refractivity contribution is -0.130. The Morgan fingerprint density at radius 1 is 0.725 bits per heavy atom. The molecule has 0 unspecified atom stereocenters. The van der Waals surface area contributed by atoms with Gasteiger partial charge in [-0.05, 0) is 84.8 Å². The Morgan fingerprint density at radius 3 is 1.75 bits per heavy atom. The van der Waals surface area contributed by atoms with Crippen LogP contribution in [-0.2, 0) is 4.79 Å². The van der Waals surface area contributed by atoms with E-state index in [-0.39, 0.29) is 5.78 Å². The van der Waals surface area contributed by atoms with E-state index in [9.17, 15) is 9.90 Å². The van der Waals surface area contributed by atoms with Gasteiger partial charge in [0.1, 0.15) is 0 Å². The maximum atomic E-state index is 12.9. The van der Waals surface area contributed by atoms with E-state index < -0.39 is 16.9 Å². The fourth-order valence-electron chi connectivity index (χ4n) is 5.19. The molecule has 2 nitrogen and oxygen atoms in total. The van der Waals surface area contributed by atoms with Crippen molar-refractivity contribution in [2.75, 3.05) is 0 Å². The summed E-state index contributed by atoms with van der Waals surface area (Å²) in [7, 11) is 0. The smallest absolute Gasteiger partial charge is 0.162 e. The Labute approximate surface area is 244 Å². The number of hydrogen-bond donors (Lipinski definition) is 1. The van der Waals surface area contributed by atoms with Gasteiger partial charge in [-0.25, -0.2) is 0 Å². The van der Waals surface area contributed by atoms with E-state index in [0.29, 0.717) is 6.42 Å². The van der Waals surface area contributed by atoms with E-state index >= 15 is 0 Å². The second-order valence-corrected chi connectivity index (χ2v) is 12.4. The average Bonchev–Trinajstić information content (AvgIpc) is 3.12. The number of ketones is 1. The van der Waals surface area contributed by atoms with E-state index in [0.717, 1.165) is 17.6 Å². The molecule has 0 spiro atoms. The van der Waals surface area contributed by atoms with Crippen molar-refractivity contribution in [1.82, 2.24) is 0 Å². The first-order chi connectivity index (χ1) is 18.9. The van der Waals surface area contributed by atoms with E-state index in [4.69, 9.17) is 0 Å². The van der Waals surface area contributed by atoms with Crippen LogP contribution < -0.4 is 0 Å². The van der Waals surface area contributed by atoms with Crippen LogP contribution in [0.25, 0.3) is 0 Å². The molecular weight excluding hydrogens is 488 g/mol. The first-order valence-corrected chi connectivity index (χ1v) is 14.9. The SMILES string of the molecule is CC(C=CC=C(C)C=CC(=O)[C@]1(C)CC[C@@H](O)C1(C)C)=CC=CC=C(C)C=CC=C(C)C=CC1=C(C)CCCC1. The van der Waals surface area contributed by atoms with Crippen LogP contribution in [0.3, 0.4) is 0 Å². The number of carbonyl (C=O) groups excluding carboxylic acids is 1. The van der Waals surface area contributed by atoms with Gasteiger partial charge in [0.2, 0.25) is 0 Å². The summed E-state index contributed by atoms with van der Waals surface area (Å²) in [6, 6.07) is 0. The van der Waals surface area contributed by atoms with Gasteiger partial charge in [0.25, 0.3) is 0 Å². The molecule has 2 heteroatoms. The minimum atomic E-state index is -0.522. The minimum Gasteiger partial charge on any atom is -0.393 e. The molecule has 0 heterocycles. The van der Waals surface area contributed by atoms with Crippen molar-refractivity contribution in [2.45, 2.75) is 100 Å². The number of aliphatic hydroxyl groups excluding tert-OH is 1. The molecule has 1 saturated carbocycles. The molecule has 0 radical (unpaired) electrons. The molecule has 0 aromatic rings. The lowest BCUT2D eigenvalue weighted by Crippen LogP contribution is -2.41. The minimum absolute atomic E-state index is 0.0933. The topological polar surface area (TPSA) is 37.3 Å². The summed E-state index contributed by atoms with van der Waals surface area (Å²) in [5.41, 5.74) is 6.73. The lowest BCUT2D eigenvalue weighted by Gasteiger charge is -2.38. The van der Waals surface area contributed by atoms with Crippen LogP contribution in [0.2, 0.25) is 0 Å². The van der Waals surface area contributed by atoms with Crippen molar-refractivity contribution in [3.05, 3.63) is 119 Å². The molecule has 0 aliphatic heterocycles. The van der Waals surface area contributed by atoms with E-state index in [1.165, 1.54) is 42.4 Å². The summed E-state index contributed by atoms with van der Waals surface area (Å²) in [6.07, 6.45) is 34.9. The zero-order chi connectivity index (χ0) is 29.8. The van der Waals surface area contributed by atoms with Crippen molar-refractivity contribution in [1.29, 1.82) is 0 Å². The summed E-state index contributed by atoms with van der Waals surface area (Å²) in [5, 5.41) is 10.3. The Hall–Kier alpha value is -2.97. The van der Waals surface area contributed by atoms with Crippen LogP contribution in [0.15, 0.2) is 119 Å². The Morgan fingerprint density at radius 2 is 1.23 bits per heavy atom. The third kappa shape index (κ3) is 9.89. The largest absolute Gasteiger partial charge is 0.393 e. The molecule has 40 heavy (non-hydrogen) atoms. The highest BCUT2D eigenvalue weighted by Crippen LogP contribution is 2.53.